The summed E-state index contributed by atoms with van der Waals surface area (Å²) < 4.78 is 30.7. The Bertz CT molecular complexity index is 897. The Kier molecular flexibility index (Phi) is 6.97. The number of hydrogen-bond donors (Lipinski definition) is 1. The van der Waals surface area contributed by atoms with Crippen molar-refractivity contribution in [1.29, 1.82) is 0 Å². The van der Waals surface area contributed by atoms with E-state index in [0.717, 1.165) is 16.1 Å². The number of ether oxygens (including phenoxy) is 1. The van der Waals surface area contributed by atoms with E-state index in [2.05, 4.69) is 5.32 Å². The van der Waals surface area contributed by atoms with E-state index in [1.165, 1.54) is 25.1 Å². The van der Waals surface area contributed by atoms with Gasteiger partial charge in [0.2, 0.25) is 15.9 Å². The summed E-state index contributed by atoms with van der Waals surface area (Å²) in [7, 11) is -2.18. The van der Waals surface area contributed by atoms with Crippen LogP contribution in [-0.4, -0.2) is 33.7 Å². The molecular formula is C18H20Cl2N2O4S. The lowest BCUT2D eigenvalue weighted by Crippen LogP contribution is -2.47. The van der Waals surface area contributed by atoms with Gasteiger partial charge in [0, 0.05) is 16.6 Å². The first-order chi connectivity index (χ1) is 12.6. The number of sulfonamides is 1. The highest BCUT2D eigenvalue weighted by molar-refractivity contribution is 7.92. The predicted molar refractivity (Wildman–Crippen MR) is 108 cm³/mol. The van der Waals surface area contributed by atoms with E-state index in [9.17, 15) is 13.2 Å². The maximum atomic E-state index is 12.6. The summed E-state index contributed by atoms with van der Waals surface area (Å²) in [5.74, 6) is 0.256. The molecule has 1 amide bonds. The molecule has 9 heteroatoms. The highest BCUT2D eigenvalue weighted by atomic mass is 35.5. The fourth-order valence-corrected chi connectivity index (χ4v) is 4.23. The minimum atomic E-state index is -3.75. The quantitative estimate of drug-likeness (QED) is 0.729. The summed E-state index contributed by atoms with van der Waals surface area (Å²) in [6, 6.07) is 10.6. The number of methoxy groups -OCH3 is 1. The van der Waals surface area contributed by atoms with Crippen LogP contribution in [0, 0.1) is 0 Å². The molecule has 0 unspecified atom stereocenters. The zero-order valence-corrected chi connectivity index (χ0v) is 17.4. The van der Waals surface area contributed by atoms with Crippen LogP contribution in [0.4, 0.5) is 5.69 Å². The molecule has 1 atom stereocenters. The van der Waals surface area contributed by atoms with Gasteiger partial charge >= 0.3 is 0 Å². The molecule has 2 aromatic rings. The van der Waals surface area contributed by atoms with Crippen molar-refractivity contribution in [1.82, 2.24) is 5.32 Å². The van der Waals surface area contributed by atoms with Crippen LogP contribution in [0.15, 0.2) is 42.5 Å². The number of carbonyl (C=O) groups is 1. The third-order valence-corrected chi connectivity index (χ3v) is 5.49. The van der Waals surface area contributed by atoms with Gasteiger partial charge in [0.05, 0.1) is 19.1 Å². The average Bonchev–Trinajstić information content (AvgIpc) is 2.58. The van der Waals surface area contributed by atoms with Crippen molar-refractivity contribution in [3.8, 4) is 5.75 Å². The topological polar surface area (TPSA) is 75.7 Å². The number of carbonyl (C=O) groups excluding carboxylic acids is 1. The molecule has 0 saturated heterocycles. The van der Waals surface area contributed by atoms with Crippen LogP contribution in [0.25, 0.3) is 0 Å². The lowest BCUT2D eigenvalue weighted by atomic mass is 10.2. The summed E-state index contributed by atoms with van der Waals surface area (Å²) in [5, 5.41) is 3.29. The number of hydrogen-bond acceptors (Lipinski definition) is 4. The van der Waals surface area contributed by atoms with Gasteiger partial charge in [0.15, 0.2) is 0 Å². The Morgan fingerprint density at radius 1 is 1.15 bits per heavy atom. The molecular weight excluding hydrogens is 411 g/mol. The molecule has 0 radical (unpaired) electrons. The van der Waals surface area contributed by atoms with Crippen LogP contribution in [0.2, 0.25) is 10.0 Å². The predicted octanol–water partition coefficient (Wildman–Crippen LogP) is 3.47. The Hall–Kier alpha value is -1.96. The van der Waals surface area contributed by atoms with Crippen LogP contribution >= 0.6 is 23.2 Å². The highest BCUT2D eigenvalue weighted by Gasteiger charge is 2.29. The highest BCUT2D eigenvalue weighted by Crippen LogP contribution is 2.28. The molecule has 0 heterocycles. The van der Waals surface area contributed by atoms with Gasteiger partial charge in [-0.1, -0.05) is 35.3 Å². The number of halogens is 2. The number of anilines is 1. The van der Waals surface area contributed by atoms with Gasteiger partial charge in [-0.05, 0) is 42.8 Å². The van der Waals surface area contributed by atoms with Crippen molar-refractivity contribution < 1.29 is 17.9 Å². The number of nitrogens with one attached hydrogen (secondary N) is 1. The molecule has 27 heavy (non-hydrogen) atoms. The molecule has 0 spiro atoms. The van der Waals surface area contributed by atoms with E-state index >= 15 is 0 Å². The molecule has 0 aliphatic carbocycles. The smallest absolute Gasteiger partial charge is 0.243 e. The molecule has 6 nitrogen and oxygen atoms in total. The number of rotatable bonds is 7. The second-order valence-electron chi connectivity index (χ2n) is 5.93. The maximum Gasteiger partial charge on any atom is 0.243 e. The molecule has 0 fully saturated rings. The Balaban J connectivity index is 2.19. The Morgan fingerprint density at radius 3 is 2.19 bits per heavy atom. The van der Waals surface area contributed by atoms with Crippen molar-refractivity contribution in [3.63, 3.8) is 0 Å². The van der Waals surface area contributed by atoms with Gasteiger partial charge in [-0.15, -0.1) is 0 Å². The molecule has 0 aliphatic rings. The second-order valence-corrected chi connectivity index (χ2v) is 8.66. The average molecular weight is 431 g/mol. The molecule has 0 bridgehead atoms. The van der Waals surface area contributed by atoms with Crippen LogP contribution in [0.3, 0.4) is 0 Å². The summed E-state index contributed by atoms with van der Waals surface area (Å²) >= 11 is 12.0. The Labute approximate surface area is 169 Å². The first kappa shape index (κ1) is 21.3. The summed E-state index contributed by atoms with van der Waals surface area (Å²) in [6.45, 7) is 1.75. The van der Waals surface area contributed by atoms with E-state index in [4.69, 9.17) is 27.9 Å². The van der Waals surface area contributed by atoms with Crippen LogP contribution < -0.4 is 14.4 Å². The molecule has 2 rings (SSSR count). The molecule has 1 N–H and O–H groups in total. The summed E-state index contributed by atoms with van der Waals surface area (Å²) in [4.78, 5) is 12.6. The molecule has 146 valence electrons. The van der Waals surface area contributed by atoms with Gasteiger partial charge in [0.25, 0.3) is 0 Å². The lowest BCUT2D eigenvalue weighted by molar-refractivity contribution is -0.122. The van der Waals surface area contributed by atoms with Crippen molar-refractivity contribution >= 4 is 44.8 Å². The number of amides is 1. The minimum Gasteiger partial charge on any atom is -0.497 e. The maximum absolute atomic E-state index is 12.6. The summed E-state index contributed by atoms with van der Waals surface area (Å²) in [6.07, 6.45) is 1.02. The van der Waals surface area contributed by atoms with Gasteiger partial charge in [-0.2, -0.15) is 0 Å². The largest absolute Gasteiger partial charge is 0.497 e. The normalized spacial score (nSPS) is 12.3. The molecule has 0 aliphatic heterocycles. The van der Waals surface area contributed by atoms with E-state index in [-0.39, 0.29) is 22.3 Å². The van der Waals surface area contributed by atoms with Gasteiger partial charge < -0.3 is 10.1 Å². The molecule has 0 aromatic heterocycles. The SMILES string of the molecule is COc1ccc(CNC(=O)[C@H](C)N(c2cc(Cl)cc(Cl)c2)S(C)(=O)=O)cc1. The van der Waals surface area contributed by atoms with E-state index in [1.807, 2.05) is 12.1 Å². The lowest BCUT2D eigenvalue weighted by Gasteiger charge is -2.28. The zero-order chi connectivity index (χ0) is 20.2. The van der Waals surface area contributed by atoms with Crippen molar-refractivity contribution in [2.45, 2.75) is 19.5 Å². The minimum absolute atomic E-state index is 0.224. The van der Waals surface area contributed by atoms with Crippen LogP contribution in [0.1, 0.15) is 12.5 Å². The molecule has 0 saturated carbocycles. The zero-order valence-electron chi connectivity index (χ0n) is 15.1. The fraction of sp³-hybridized carbons (Fsp3) is 0.278. The van der Waals surface area contributed by atoms with Crippen molar-refractivity contribution in [2.75, 3.05) is 17.7 Å². The van der Waals surface area contributed by atoms with Crippen LogP contribution in [-0.2, 0) is 21.4 Å². The summed E-state index contributed by atoms with van der Waals surface area (Å²) in [5.41, 5.74) is 1.08. The monoisotopic (exact) mass is 430 g/mol. The Morgan fingerprint density at radius 2 is 1.70 bits per heavy atom. The number of nitrogens with zero attached hydrogens (tertiary/aromatic N) is 1. The van der Waals surface area contributed by atoms with Gasteiger partial charge in [0.1, 0.15) is 11.8 Å². The van der Waals surface area contributed by atoms with Crippen LogP contribution in [0.5, 0.6) is 5.75 Å². The first-order valence-electron chi connectivity index (χ1n) is 7.98. The van der Waals surface area contributed by atoms with E-state index in [1.54, 1.807) is 19.2 Å². The standard InChI is InChI=1S/C18H20Cl2N2O4S/c1-12(18(23)21-11-13-4-6-17(26-2)7-5-13)22(27(3,24)25)16-9-14(19)8-15(20)10-16/h4-10,12H,11H2,1-3H3,(H,21,23)/t12-/m0/s1. The first-order valence-corrected chi connectivity index (χ1v) is 10.6. The van der Waals surface area contributed by atoms with E-state index < -0.39 is 22.0 Å². The van der Waals surface area contributed by atoms with Gasteiger partial charge in [-0.25, -0.2) is 8.42 Å². The van der Waals surface area contributed by atoms with Gasteiger partial charge in [-0.3, -0.25) is 9.10 Å². The third kappa shape index (κ3) is 5.76. The second kappa shape index (κ2) is 8.82. The van der Waals surface area contributed by atoms with Crippen molar-refractivity contribution in [2.24, 2.45) is 0 Å². The van der Waals surface area contributed by atoms with Crippen molar-refractivity contribution in [3.05, 3.63) is 58.1 Å². The number of benzene rings is 2. The molecule has 2 aromatic carbocycles. The van der Waals surface area contributed by atoms with E-state index in [0.29, 0.717) is 5.75 Å². The fourth-order valence-electron chi connectivity index (χ4n) is 2.56. The third-order valence-electron chi connectivity index (χ3n) is 3.82.